The summed E-state index contributed by atoms with van der Waals surface area (Å²) < 4.78 is 12.9. The van der Waals surface area contributed by atoms with Gasteiger partial charge in [-0.05, 0) is 47.5 Å². The highest BCUT2D eigenvalue weighted by atomic mass is 19.1. The molecule has 0 spiro atoms. The number of nitrogens with one attached hydrogen (secondary N) is 2. The Balaban J connectivity index is 1.51. The van der Waals surface area contributed by atoms with E-state index in [1.807, 2.05) is 0 Å². The topological polar surface area (TPSA) is 97.1 Å². The van der Waals surface area contributed by atoms with Gasteiger partial charge in [-0.2, -0.15) is 0 Å². The molecule has 2 amide bonds. The SMILES string of the molecule is Nc1cc(NC(=O)c2ccc(CNC(=O)C=Cc3ccc(F)cc3)cc2)ccn1. The smallest absolute Gasteiger partial charge is 0.255 e. The van der Waals surface area contributed by atoms with Crippen molar-refractivity contribution < 1.29 is 14.0 Å². The number of carbonyl (C=O) groups excluding carboxylic acids is 2. The zero-order chi connectivity index (χ0) is 20.6. The fraction of sp³-hybridized carbons (Fsp3) is 0.0455. The van der Waals surface area contributed by atoms with Crippen LogP contribution in [-0.2, 0) is 11.3 Å². The highest BCUT2D eigenvalue weighted by Crippen LogP contribution is 2.12. The lowest BCUT2D eigenvalue weighted by molar-refractivity contribution is -0.116. The summed E-state index contributed by atoms with van der Waals surface area (Å²) in [6.45, 7) is 0.315. The van der Waals surface area contributed by atoms with Gasteiger partial charge in [-0.3, -0.25) is 9.59 Å². The summed E-state index contributed by atoms with van der Waals surface area (Å²) in [4.78, 5) is 28.1. The average Bonchev–Trinajstić information content (AvgIpc) is 2.72. The Morgan fingerprint density at radius 2 is 1.76 bits per heavy atom. The third-order valence-electron chi connectivity index (χ3n) is 4.02. The molecule has 3 aromatic rings. The van der Waals surface area contributed by atoms with Crippen LogP contribution in [0.5, 0.6) is 0 Å². The number of hydrogen-bond donors (Lipinski definition) is 3. The summed E-state index contributed by atoms with van der Waals surface area (Å²) in [6, 6.07) is 15.9. The second-order valence-electron chi connectivity index (χ2n) is 6.22. The summed E-state index contributed by atoms with van der Waals surface area (Å²) in [5, 5.41) is 5.50. The molecule has 0 bridgehead atoms. The third kappa shape index (κ3) is 6.00. The number of benzene rings is 2. The van der Waals surface area contributed by atoms with Crippen LogP contribution in [0, 0.1) is 5.82 Å². The quantitative estimate of drug-likeness (QED) is 0.562. The third-order valence-corrected chi connectivity index (χ3v) is 4.02. The zero-order valence-corrected chi connectivity index (χ0v) is 15.4. The molecule has 0 fully saturated rings. The van der Waals surface area contributed by atoms with Crippen molar-refractivity contribution >= 4 is 29.4 Å². The molecule has 0 saturated heterocycles. The van der Waals surface area contributed by atoms with Gasteiger partial charge in [0.05, 0.1) is 0 Å². The first kappa shape index (κ1) is 19.8. The monoisotopic (exact) mass is 390 g/mol. The van der Waals surface area contributed by atoms with Gasteiger partial charge < -0.3 is 16.4 Å². The number of rotatable bonds is 6. The predicted molar refractivity (Wildman–Crippen MR) is 110 cm³/mol. The maximum absolute atomic E-state index is 12.9. The van der Waals surface area contributed by atoms with Crippen LogP contribution in [0.25, 0.3) is 6.08 Å². The van der Waals surface area contributed by atoms with Crippen molar-refractivity contribution in [1.82, 2.24) is 10.3 Å². The van der Waals surface area contributed by atoms with Crippen molar-refractivity contribution in [2.75, 3.05) is 11.1 Å². The van der Waals surface area contributed by atoms with Gasteiger partial charge in [0.2, 0.25) is 5.91 Å². The first-order valence-corrected chi connectivity index (χ1v) is 8.83. The van der Waals surface area contributed by atoms with Crippen LogP contribution in [0.2, 0.25) is 0 Å². The van der Waals surface area contributed by atoms with Crippen LogP contribution in [0.15, 0.2) is 72.9 Å². The number of nitrogens with zero attached hydrogens (tertiary/aromatic N) is 1. The van der Waals surface area contributed by atoms with Crippen molar-refractivity contribution in [1.29, 1.82) is 0 Å². The molecule has 7 heteroatoms. The van der Waals surface area contributed by atoms with E-state index >= 15 is 0 Å². The van der Waals surface area contributed by atoms with E-state index in [9.17, 15) is 14.0 Å². The lowest BCUT2D eigenvalue weighted by Crippen LogP contribution is -2.20. The van der Waals surface area contributed by atoms with E-state index in [1.54, 1.807) is 54.6 Å². The summed E-state index contributed by atoms with van der Waals surface area (Å²) in [5.74, 6) is -0.546. The van der Waals surface area contributed by atoms with Crippen molar-refractivity contribution in [2.45, 2.75) is 6.54 Å². The highest BCUT2D eigenvalue weighted by Gasteiger charge is 2.07. The Morgan fingerprint density at radius 1 is 1.03 bits per heavy atom. The number of aromatic nitrogens is 1. The molecule has 0 unspecified atom stereocenters. The molecule has 6 nitrogen and oxygen atoms in total. The van der Waals surface area contributed by atoms with E-state index in [-0.39, 0.29) is 17.6 Å². The zero-order valence-electron chi connectivity index (χ0n) is 15.4. The van der Waals surface area contributed by atoms with E-state index in [4.69, 9.17) is 5.73 Å². The molecule has 1 heterocycles. The van der Waals surface area contributed by atoms with Crippen molar-refractivity contribution in [3.63, 3.8) is 0 Å². The molecule has 0 aliphatic heterocycles. The maximum Gasteiger partial charge on any atom is 0.255 e. The lowest BCUT2D eigenvalue weighted by Gasteiger charge is -2.07. The van der Waals surface area contributed by atoms with Crippen molar-refractivity contribution in [3.8, 4) is 0 Å². The summed E-state index contributed by atoms with van der Waals surface area (Å²) in [6.07, 6.45) is 4.50. The van der Waals surface area contributed by atoms with Gasteiger partial charge in [0, 0.05) is 36.1 Å². The summed E-state index contributed by atoms with van der Waals surface area (Å²) in [5.41, 5.74) is 8.21. The van der Waals surface area contributed by atoms with Crippen LogP contribution in [-0.4, -0.2) is 16.8 Å². The minimum Gasteiger partial charge on any atom is -0.384 e. The standard InChI is InChI=1S/C22H19FN4O2/c23-18-8-3-15(4-9-18)5-10-21(28)26-14-16-1-6-17(7-2-16)22(29)27-19-11-12-25-20(24)13-19/h1-13H,14H2,(H,26,28)(H3,24,25,27,29). The molecule has 2 aromatic carbocycles. The Kier molecular flexibility index (Phi) is 6.32. The number of nitrogen functional groups attached to an aromatic ring is 1. The van der Waals surface area contributed by atoms with Gasteiger partial charge in [0.25, 0.3) is 5.91 Å². The number of carbonyl (C=O) groups is 2. The number of anilines is 2. The molecule has 0 saturated carbocycles. The second-order valence-corrected chi connectivity index (χ2v) is 6.22. The van der Waals surface area contributed by atoms with Crippen LogP contribution in [0.1, 0.15) is 21.5 Å². The Bertz CT molecular complexity index is 1030. The molecule has 1 aromatic heterocycles. The normalized spacial score (nSPS) is 10.7. The Labute approximate surface area is 167 Å². The average molecular weight is 390 g/mol. The lowest BCUT2D eigenvalue weighted by atomic mass is 10.1. The van der Waals surface area contributed by atoms with Crippen LogP contribution in [0.4, 0.5) is 15.9 Å². The predicted octanol–water partition coefficient (Wildman–Crippen LogP) is 3.38. The Hall–Kier alpha value is -4.00. The minimum atomic E-state index is -0.325. The molecule has 146 valence electrons. The molecule has 0 aliphatic rings. The molecule has 3 rings (SSSR count). The van der Waals surface area contributed by atoms with Crippen LogP contribution < -0.4 is 16.4 Å². The number of pyridine rings is 1. The van der Waals surface area contributed by atoms with E-state index in [1.165, 1.54) is 24.4 Å². The number of nitrogens with two attached hydrogens (primary N) is 1. The van der Waals surface area contributed by atoms with Crippen LogP contribution >= 0.6 is 0 Å². The fourth-order valence-corrected chi connectivity index (χ4v) is 2.50. The molecule has 4 N–H and O–H groups in total. The summed E-state index contributed by atoms with van der Waals surface area (Å²) in [7, 11) is 0. The van der Waals surface area contributed by atoms with Crippen molar-refractivity contribution in [2.24, 2.45) is 0 Å². The van der Waals surface area contributed by atoms with Gasteiger partial charge in [-0.1, -0.05) is 24.3 Å². The van der Waals surface area contributed by atoms with Crippen LogP contribution in [0.3, 0.4) is 0 Å². The first-order valence-electron chi connectivity index (χ1n) is 8.83. The molecule has 0 radical (unpaired) electrons. The van der Waals surface area contributed by atoms with Gasteiger partial charge in [-0.25, -0.2) is 9.37 Å². The molecule has 0 atom stereocenters. The van der Waals surface area contributed by atoms with E-state index in [0.717, 1.165) is 11.1 Å². The molecule has 29 heavy (non-hydrogen) atoms. The van der Waals surface area contributed by atoms with Gasteiger partial charge in [-0.15, -0.1) is 0 Å². The second kappa shape index (κ2) is 9.27. The van der Waals surface area contributed by atoms with Crippen molar-refractivity contribution in [3.05, 3.63) is 95.4 Å². The molecule has 0 aliphatic carbocycles. The van der Waals surface area contributed by atoms with Gasteiger partial charge in [0.15, 0.2) is 0 Å². The maximum atomic E-state index is 12.9. The molecular weight excluding hydrogens is 371 g/mol. The first-order chi connectivity index (χ1) is 14.0. The van der Waals surface area contributed by atoms with E-state index in [0.29, 0.717) is 23.6 Å². The Morgan fingerprint density at radius 3 is 2.45 bits per heavy atom. The fourth-order valence-electron chi connectivity index (χ4n) is 2.50. The van der Waals surface area contributed by atoms with Gasteiger partial charge in [0.1, 0.15) is 11.6 Å². The van der Waals surface area contributed by atoms with E-state index < -0.39 is 0 Å². The number of hydrogen-bond acceptors (Lipinski definition) is 4. The summed E-state index contributed by atoms with van der Waals surface area (Å²) >= 11 is 0. The largest absolute Gasteiger partial charge is 0.384 e. The van der Waals surface area contributed by atoms with E-state index in [2.05, 4.69) is 15.6 Å². The number of amides is 2. The minimum absolute atomic E-state index is 0.270. The van der Waals surface area contributed by atoms with Gasteiger partial charge >= 0.3 is 0 Å². The highest BCUT2D eigenvalue weighted by molar-refractivity contribution is 6.04. The molecular formula is C22H19FN4O2. The number of halogens is 1.